The van der Waals surface area contributed by atoms with Crippen molar-refractivity contribution >= 4 is 23.2 Å². The smallest absolute Gasteiger partial charge is 0.258 e. The fourth-order valence-corrected chi connectivity index (χ4v) is 2.34. The van der Waals surface area contributed by atoms with E-state index in [0.717, 1.165) is 17.7 Å². The molecule has 0 spiro atoms. The molecule has 0 radical (unpaired) electrons. The van der Waals surface area contributed by atoms with Crippen LogP contribution in [0, 0.1) is 18.6 Å². The van der Waals surface area contributed by atoms with Crippen molar-refractivity contribution < 1.29 is 18.3 Å². The van der Waals surface area contributed by atoms with Gasteiger partial charge in [-0.2, -0.15) is 0 Å². The summed E-state index contributed by atoms with van der Waals surface area (Å²) in [6.07, 6.45) is 2.60. The Balaban J connectivity index is 1.73. The van der Waals surface area contributed by atoms with Gasteiger partial charge in [0, 0.05) is 18.5 Å². The lowest BCUT2D eigenvalue weighted by Gasteiger charge is -2.11. The van der Waals surface area contributed by atoms with Gasteiger partial charge in [0.25, 0.3) is 5.91 Å². The number of nitrogens with zero attached hydrogens (tertiary/aromatic N) is 2. The maximum atomic E-state index is 13.6. The zero-order valence-corrected chi connectivity index (χ0v) is 14.6. The van der Waals surface area contributed by atoms with E-state index in [1.54, 1.807) is 7.11 Å². The number of anilines is 3. The second-order valence-corrected chi connectivity index (χ2v) is 5.70. The Labute approximate surface area is 154 Å². The highest BCUT2D eigenvalue weighted by Gasteiger charge is 2.12. The fourth-order valence-electron chi connectivity index (χ4n) is 2.34. The highest BCUT2D eigenvalue weighted by molar-refractivity contribution is 6.03. The summed E-state index contributed by atoms with van der Waals surface area (Å²) in [4.78, 5) is 20.3. The molecule has 3 aromatic rings. The number of aryl methyl sites for hydroxylation is 1. The van der Waals surface area contributed by atoms with Gasteiger partial charge < -0.3 is 15.4 Å². The van der Waals surface area contributed by atoms with Crippen LogP contribution in [-0.2, 0) is 0 Å². The van der Waals surface area contributed by atoms with Crippen LogP contribution in [0.15, 0.2) is 48.8 Å². The van der Waals surface area contributed by atoms with Gasteiger partial charge in [0.15, 0.2) is 0 Å². The number of hydrogen-bond acceptors (Lipinski definition) is 5. The first-order valence-electron chi connectivity index (χ1n) is 7.96. The summed E-state index contributed by atoms with van der Waals surface area (Å²) in [7, 11) is 1.55. The van der Waals surface area contributed by atoms with Crippen LogP contribution in [0.5, 0.6) is 5.75 Å². The zero-order valence-electron chi connectivity index (χ0n) is 14.6. The number of carbonyl (C=O) groups is 1. The lowest BCUT2D eigenvalue weighted by Crippen LogP contribution is -2.14. The van der Waals surface area contributed by atoms with Gasteiger partial charge >= 0.3 is 0 Å². The Kier molecular flexibility index (Phi) is 5.25. The molecular weight excluding hydrogens is 354 g/mol. The van der Waals surface area contributed by atoms with Gasteiger partial charge in [-0.25, -0.2) is 18.7 Å². The van der Waals surface area contributed by atoms with E-state index in [4.69, 9.17) is 4.74 Å². The van der Waals surface area contributed by atoms with Crippen LogP contribution in [0.1, 0.15) is 15.9 Å². The van der Waals surface area contributed by atoms with E-state index in [2.05, 4.69) is 20.6 Å². The Hall–Kier alpha value is -3.55. The zero-order chi connectivity index (χ0) is 19.4. The van der Waals surface area contributed by atoms with Crippen LogP contribution < -0.4 is 15.4 Å². The van der Waals surface area contributed by atoms with Crippen LogP contribution in [0.2, 0.25) is 0 Å². The molecule has 0 saturated heterocycles. The quantitative estimate of drug-likeness (QED) is 0.708. The van der Waals surface area contributed by atoms with Crippen LogP contribution in [0.3, 0.4) is 0 Å². The topological polar surface area (TPSA) is 76.1 Å². The lowest BCUT2D eigenvalue weighted by atomic mass is 10.2. The molecule has 138 valence electrons. The lowest BCUT2D eigenvalue weighted by molar-refractivity contribution is 0.102. The van der Waals surface area contributed by atoms with Gasteiger partial charge in [-0.15, -0.1) is 0 Å². The maximum Gasteiger partial charge on any atom is 0.258 e. The van der Waals surface area contributed by atoms with E-state index in [1.807, 2.05) is 25.1 Å². The molecule has 8 heteroatoms. The molecule has 2 N–H and O–H groups in total. The number of ether oxygens (including phenoxy) is 1. The largest absolute Gasteiger partial charge is 0.495 e. The number of amides is 1. The molecule has 27 heavy (non-hydrogen) atoms. The number of rotatable bonds is 5. The first-order valence-corrected chi connectivity index (χ1v) is 7.96. The number of halogens is 2. The molecular formula is C19H16F2N4O2. The van der Waals surface area contributed by atoms with Crippen molar-refractivity contribution in [3.05, 3.63) is 71.6 Å². The van der Waals surface area contributed by atoms with Gasteiger partial charge in [0.1, 0.15) is 17.4 Å². The summed E-state index contributed by atoms with van der Waals surface area (Å²) in [5.74, 6) is -1.31. The molecule has 2 aromatic carbocycles. The van der Waals surface area contributed by atoms with E-state index < -0.39 is 17.5 Å². The minimum absolute atomic E-state index is 0.125. The van der Waals surface area contributed by atoms with Gasteiger partial charge in [0.2, 0.25) is 5.95 Å². The fraction of sp³-hybridized carbons (Fsp3) is 0.105. The van der Waals surface area contributed by atoms with E-state index in [1.165, 1.54) is 12.4 Å². The molecule has 0 aliphatic heterocycles. The minimum Gasteiger partial charge on any atom is -0.495 e. The maximum absolute atomic E-state index is 13.6. The highest BCUT2D eigenvalue weighted by Crippen LogP contribution is 2.27. The third-order valence-electron chi connectivity index (χ3n) is 3.69. The Morgan fingerprint density at radius 2 is 1.78 bits per heavy atom. The first-order chi connectivity index (χ1) is 13.0. The molecule has 1 aromatic heterocycles. The number of hydrogen-bond donors (Lipinski definition) is 2. The number of aromatic nitrogens is 2. The van der Waals surface area contributed by atoms with E-state index >= 15 is 0 Å². The molecule has 1 heterocycles. The average Bonchev–Trinajstić information content (AvgIpc) is 2.65. The molecule has 3 rings (SSSR count). The number of nitrogens with one attached hydrogen (secondary N) is 2. The van der Waals surface area contributed by atoms with E-state index in [-0.39, 0.29) is 17.2 Å². The number of carbonyl (C=O) groups excluding carboxylic acids is 1. The minimum atomic E-state index is -0.867. The van der Waals surface area contributed by atoms with Crippen molar-refractivity contribution in [1.29, 1.82) is 0 Å². The van der Waals surface area contributed by atoms with Crippen LogP contribution in [0.4, 0.5) is 26.1 Å². The second kappa shape index (κ2) is 7.77. The number of methoxy groups -OCH3 is 1. The van der Waals surface area contributed by atoms with Crippen molar-refractivity contribution in [3.63, 3.8) is 0 Å². The van der Waals surface area contributed by atoms with Crippen LogP contribution >= 0.6 is 0 Å². The second-order valence-electron chi connectivity index (χ2n) is 5.70. The third kappa shape index (κ3) is 4.35. The first kappa shape index (κ1) is 18.2. The molecule has 0 unspecified atom stereocenters. The van der Waals surface area contributed by atoms with Gasteiger partial charge in [-0.05, 0) is 36.8 Å². The summed E-state index contributed by atoms with van der Waals surface area (Å²) < 4.78 is 31.8. The van der Waals surface area contributed by atoms with Crippen LogP contribution in [-0.4, -0.2) is 23.0 Å². The highest BCUT2D eigenvalue weighted by atomic mass is 19.1. The SMILES string of the molecule is COc1ccc(C)cc1Nc1ncc(C(=O)Nc2ccc(F)cc2F)cn1. The summed E-state index contributed by atoms with van der Waals surface area (Å²) in [6.45, 7) is 1.94. The van der Waals surface area contributed by atoms with Crippen molar-refractivity contribution in [3.8, 4) is 5.75 Å². The molecule has 0 aliphatic carbocycles. The Morgan fingerprint density at radius 1 is 1.04 bits per heavy atom. The predicted octanol–water partition coefficient (Wildman–Crippen LogP) is 4.07. The predicted molar refractivity (Wildman–Crippen MR) is 97.4 cm³/mol. The van der Waals surface area contributed by atoms with Crippen molar-refractivity contribution in [2.24, 2.45) is 0 Å². The Morgan fingerprint density at radius 3 is 2.44 bits per heavy atom. The standard InChI is InChI=1S/C19H16F2N4O2/c1-11-3-6-17(27-2)16(7-11)25-19-22-9-12(10-23-19)18(26)24-15-5-4-13(20)8-14(15)21/h3-10H,1-2H3,(H,24,26)(H,22,23,25). The Bertz CT molecular complexity index is 978. The third-order valence-corrected chi connectivity index (χ3v) is 3.69. The molecule has 6 nitrogen and oxygen atoms in total. The van der Waals surface area contributed by atoms with E-state index in [9.17, 15) is 13.6 Å². The summed E-state index contributed by atoms with van der Waals surface area (Å²) in [5, 5.41) is 5.36. The monoisotopic (exact) mass is 370 g/mol. The molecule has 0 atom stereocenters. The number of benzene rings is 2. The van der Waals surface area contributed by atoms with Crippen molar-refractivity contribution in [2.75, 3.05) is 17.7 Å². The molecule has 0 saturated carbocycles. The molecule has 0 fully saturated rings. The molecule has 0 bridgehead atoms. The van der Waals surface area contributed by atoms with Gasteiger partial charge in [-0.1, -0.05) is 6.07 Å². The van der Waals surface area contributed by atoms with Gasteiger partial charge in [-0.3, -0.25) is 4.79 Å². The van der Waals surface area contributed by atoms with Crippen molar-refractivity contribution in [2.45, 2.75) is 6.92 Å². The van der Waals surface area contributed by atoms with Crippen molar-refractivity contribution in [1.82, 2.24) is 9.97 Å². The summed E-state index contributed by atoms with van der Waals surface area (Å²) in [5.41, 5.74) is 1.70. The molecule has 0 aliphatic rings. The average molecular weight is 370 g/mol. The summed E-state index contributed by atoms with van der Waals surface area (Å²) >= 11 is 0. The molecule has 1 amide bonds. The van der Waals surface area contributed by atoms with Gasteiger partial charge in [0.05, 0.1) is 24.0 Å². The van der Waals surface area contributed by atoms with E-state index in [0.29, 0.717) is 17.5 Å². The van der Waals surface area contributed by atoms with Crippen LogP contribution in [0.25, 0.3) is 0 Å². The summed E-state index contributed by atoms with van der Waals surface area (Å²) in [6, 6.07) is 8.49. The normalized spacial score (nSPS) is 10.4.